The molecular formula is C18H25N5O3. The van der Waals surface area contributed by atoms with Crippen LogP contribution in [0.2, 0.25) is 0 Å². The first-order valence-electron chi connectivity index (χ1n) is 9.04. The van der Waals surface area contributed by atoms with E-state index < -0.39 is 5.91 Å². The molecule has 0 saturated carbocycles. The number of amides is 3. The van der Waals surface area contributed by atoms with Gasteiger partial charge < -0.3 is 15.1 Å². The average Bonchev–Trinajstić information content (AvgIpc) is 3.15. The summed E-state index contributed by atoms with van der Waals surface area (Å²) in [6, 6.07) is 4.02. The van der Waals surface area contributed by atoms with E-state index in [-0.39, 0.29) is 12.1 Å². The SMILES string of the molecule is O=C(C=Cc1ccc(N[C@@H]2CCN(C(=O)N3CCCCC3)C2)nc1)NO. The molecule has 8 nitrogen and oxygen atoms in total. The number of urea groups is 1. The maximum absolute atomic E-state index is 12.5. The third-order valence-corrected chi connectivity index (χ3v) is 4.76. The fourth-order valence-corrected chi connectivity index (χ4v) is 3.34. The number of carbonyl (C=O) groups is 2. The van der Waals surface area contributed by atoms with Crippen LogP contribution in [0.1, 0.15) is 31.2 Å². The lowest BCUT2D eigenvalue weighted by atomic mass is 10.1. The quantitative estimate of drug-likeness (QED) is 0.432. The van der Waals surface area contributed by atoms with Crippen LogP contribution in [0.3, 0.4) is 0 Å². The molecule has 26 heavy (non-hydrogen) atoms. The van der Waals surface area contributed by atoms with Gasteiger partial charge in [-0.15, -0.1) is 0 Å². The molecule has 3 N–H and O–H groups in total. The van der Waals surface area contributed by atoms with E-state index >= 15 is 0 Å². The Balaban J connectivity index is 1.49. The highest BCUT2D eigenvalue weighted by atomic mass is 16.5. The van der Waals surface area contributed by atoms with E-state index in [2.05, 4.69) is 10.3 Å². The van der Waals surface area contributed by atoms with Crippen molar-refractivity contribution in [3.05, 3.63) is 30.0 Å². The first-order valence-corrected chi connectivity index (χ1v) is 9.04. The van der Waals surface area contributed by atoms with Crippen molar-refractivity contribution in [3.8, 4) is 0 Å². The number of carbonyl (C=O) groups excluding carboxylic acids is 2. The number of hydroxylamine groups is 1. The van der Waals surface area contributed by atoms with Gasteiger partial charge in [0.25, 0.3) is 5.91 Å². The predicted molar refractivity (Wildman–Crippen MR) is 97.6 cm³/mol. The van der Waals surface area contributed by atoms with Gasteiger partial charge in [-0.05, 0) is 49.5 Å². The van der Waals surface area contributed by atoms with Gasteiger partial charge in [-0.25, -0.2) is 15.3 Å². The molecule has 3 amide bonds. The van der Waals surface area contributed by atoms with Gasteiger partial charge in [0.15, 0.2) is 0 Å². The minimum atomic E-state index is -0.586. The van der Waals surface area contributed by atoms with Crippen molar-refractivity contribution in [3.63, 3.8) is 0 Å². The Hall–Kier alpha value is -2.61. The predicted octanol–water partition coefficient (Wildman–Crippen LogP) is 1.69. The normalized spacial score (nSPS) is 20.4. The Morgan fingerprint density at radius 2 is 1.96 bits per heavy atom. The largest absolute Gasteiger partial charge is 0.365 e. The molecule has 140 valence electrons. The number of rotatable bonds is 4. The number of anilines is 1. The van der Waals surface area contributed by atoms with Crippen LogP contribution in [0.4, 0.5) is 10.6 Å². The monoisotopic (exact) mass is 359 g/mol. The molecule has 1 atom stereocenters. The zero-order chi connectivity index (χ0) is 18.4. The van der Waals surface area contributed by atoms with Crippen LogP contribution >= 0.6 is 0 Å². The van der Waals surface area contributed by atoms with Crippen LogP contribution in [-0.4, -0.2) is 64.2 Å². The second-order valence-electron chi connectivity index (χ2n) is 6.69. The zero-order valence-corrected chi connectivity index (χ0v) is 14.7. The van der Waals surface area contributed by atoms with Crippen LogP contribution in [0.25, 0.3) is 6.08 Å². The number of piperidine rings is 1. The van der Waals surface area contributed by atoms with Crippen molar-refractivity contribution >= 4 is 23.8 Å². The van der Waals surface area contributed by atoms with Gasteiger partial charge in [-0.2, -0.15) is 0 Å². The number of pyridine rings is 1. The van der Waals surface area contributed by atoms with Crippen LogP contribution in [0.15, 0.2) is 24.4 Å². The molecule has 0 radical (unpaired) electrons. The van der Waals surface area contributed by atoms with E-state index in [1.165, 1.54) is 18.0 Å². The summed E-state index contributed by atoms with van der Waals surface area (Å²) < 4.78 is 0. The maximum atomic E-state index is 12.5. The van der Waals surface area contributed by atoms with Crippen molar-refractivity contribution < 1.29 is 14.8 Å². The van der Waals surface area contributed by atoms with E-state index in [4.69, 9.17) is 5.21 Å². The number of aromatic nitrogens is 1. The highest BCUT2D eigenvalue weighted by Gasteiger charge is 2.29. The summed E-state index contributed by atoms with van der Waals surface area (Å²) in [5, 5.41) is 11.8. The Morgan fingerprint density at radius 1 is 1.15 bits per heavy atom. The van der Waals surface area contributed by atoms with Crippen molar-refractivity contribution in [2.75, 3.05) is 31.5 Å². The number of likely N-dealkylation sites (tertiary alicyclic amines) is 2. The van der Waals surface area contributed by atoms with Crippen molar-refractivity contribution in [1.82, 2.24) is 20.3 Å². The fraction of sp³-hybridized carbons (Fsp3) is 0.500. The molecule has 1 aromatic heterocycles. The molecule has 2 aliphatic rings. The third-order valence-electron chi connectivity index (χ3n) is 4.76. The number of hydrogen-bond donors (Lipinski definition) is 3. The van der Waals surface area contributed by atoms with Crippen LogP contribution in [-0.2, 0) is 4.79 Å². The van der Waals surface area contributed by atoms with Gasteiger partial charge in [0.1, 0.15) is 5.82 Å². The molecule has 3 heterocycles. The van der Waals surface area contributed by atoms with E-state index in [1.807, 2.05) is 21.9 Å². The summed E-state index contributed by atoms with van der Waals surface area (Å²) in [5.41, 5.74) is 2.29. The molecule has 2 fully saturated rings. The standard InChI is InChI=1S/C18H25N5O3/c24-17(21-26)7-5-14-4-6-16(19-12-14)20-15-8-11-23(13-15)18(25)22-9-2-1-3-10-22/h4-7,12,15,26H,1-3,8-11,13H2,(H,19,20)(H,21,24)/t15-/m1/s1. The molecule has 0 aromatic carbocycles. The minimum Gasteiger partial charge on any atom is -0.365 e. The Kier molecular flexibility index (Phi) is 6.06. The highest BCUT2D eigenvalue weighted by molar-refractivity contribution is 5.90. The van der Waals surface area contributed by atoms with Crippen LogP contribution in [0.5, 0.6) is 0 Å². The Bertz CT molecular complexity index is 655. The van der Waals surface area contributed by atoms with Crippen LogP contribution in [0, 0.1) is 0 Å². The zero-order valence-electron chi connectivity index (χ0n) is 14.7. The van der Waals surface area contributed by atoms with Crippen molar-refractivity contribution in [2.24, 2.45) is 0 Å². The van der Waals surface area contributed by atoms with Gasteiger partial charge >= 0.3 is 6.03 Å². The average molecular weight is 359 g/mol. The van der Waals surface area contributed by atoms with Crippen molar-refractivity contribution in [2.45, 2.75) is 31.7 Å². The second kappa shape index (κ2) is 8.66. The highest BCUT2D eigenvalue weighted by Crippen LogP contribution is 2.18. The molecule has 0 unspecified atom stereocenters. The first kappa shape index (κ1) is 18.2. The lowest BCUT2D eigenvalue weighted by Crippen LogP contribution is -2.45. The second-order valence-corrected chi connectivity index (χ2v) is 6.69. The van der Waals surface area contributed by atoms with E-state index in [9.17, 15) is 9.59 Å². The van der Waals surface area contributed by atoms with Gasteiger partial charge in [0.05, 0.1) is 0 Å². The lowest BCUT2D eigenvalue weighted by Gasteiger charge is -2.31. The summed E-state index contributed by atoms with van der Waals surface area (Å²) in [6.07, 6.45) is 8.77. The molecule has 2 aliphatic heterocycles. The summed E-state index contributed by atoms with van der Waals surface area (Å²) in [4.78, 5) is 31.7. The summed E-state index contributed by atoms with van der Waals surface area (Å²) in [5.74, 6) is 0.155. The van der Waals surface area contributed by atoms with Gasteiger partial charge in [0, 0.05) is 44.5 Å². The molecule has 0 bridgehead atoms. The first-order chi connectivity index (χ1) is 12.7. The van der Waals surface area contributed by atoms with Gasteiger partial charge in [-0.3, -0.25) is 10.0 Å². The fourth-order valence-electron chi connectivity index (χ4n) is 3.34. The topological polar surface area (TPSA) is 97.8 Å². The number of nitrogens with one attached hydrogen (secondary N) is 2. The third kappa shape index (κ3) is 4.72. The molecule has 2 saturated heterocycles. The van der Waals surface area contributed by atoms with Gasteiger partial charge in [-0.1, -0.05) is 0 Å². The van der Waals surface area contributed by atoms with Crippen molar-refractivity contribution in [1.29, 1.82) is 0 Å². The Labute approximate surface area is 152 Å². The van der Waals surface area contributed by atoms with Crippen LogP contribution < -0.4 is 10.8 Å². The minimum absolute atomic E-state index is 0.157. The lowest BCUT2D eigenvalue weighted by molar-refractivity contribution is -0.124. The summed E-state index contributed by atoms with van der Waals surface area (Å²) >= 11 is 0. The summed E-state index contributed by atoms with van der Waals surface area (Å²) in [6.45, 7) is 3.20. The molecule has 0 spiro atoms. The van der Waals surface area contributed by atoms with E-state index in [0.717, 1.165) is 50.3 Å². The number of hydrogen-bond acceptors (Lipinski definition) is 5. The van der Waals surface area contributed by atoms with E-state index in [1.54, 1.807) is 12.3 Å². The molecule has 3 rings (SSSR count). The Morgan fingerprint density at radius 3 is 2.65 bits per heavy atom. The number of nitrogens with zero attached hydrogens (tertiary/aromatic N) is 3. The maximum Gasteiger partial charge on any atom is 0.320 e. The van der Waals surface area contributed by atoms with Gasteiger partial charge in [0.2, 0.25) is 0 Å². The smallest absolute Gasteiger partial charge is 0.320 e. The molecule has 8 heteroatoms. The molecular weight excluding hydrogens is 334 g/mol. The molecule has 0 aliphatic carbocycles. The van der Waals surface area contributed by atoms with E-state index in [0.29, 0.717) is 6.54 Å². The molecule has 1 aromatic rings. The summed E-state index contributed by atoms with van der Waals surface area (Å²) in [7, 11) is 0.